The molecule has 0 bridgehead atoms. The van der Waals surface area contributed by atoms with Crippen LogP contribution >= 0.6 is 0 Å². The number of carbonyl (C=O) groups is 2. The molecule has 0 aliphatic heterocycles. The van der Waals surface area contributed by atoms with Crippen LogP contribution in [-0.2, 0) is 9.53 Å². The minimum atomic E-state index is -0.554. The van der Waals surface area contributed by atoms with Crippen molar-refractivity contribution in [2.75, 3.05) is 12.8 Å². The van der Waals surface area contributed by atoms with E-state index in [1.165, 1.54) is 31.5 Å². The zero-order valence-corrected chi connectivity index (χ0v) is 8.14. The molecule has 0 spiro atoms. The Morgan fingerprint density at radius 2 is 2.33 bits per heavy atom. The van der Waals surface area contributed by atoms with Crippen molar-refractivity contribution >= 4 is 24.1 Å². The van der Waals surface area contributed by atoms with Crippen LogP contribution in [0.3, 0.4) is 0 Å². The summed E-state index contributed by atoms with van der Waals surface area (Å²) in [4.78, 5) is 25.1. The summed E-state index contributed by atoms with van der Waals surface area (Å²) in [6, 6.07) is 1.51. The maximum Gasteiger partial charge on any atom is 0.341 e. The van der Waals surface area contributed by atoms with Gasteiger partial charge in [0.15, 0.2) is 0 Å². The van der Waals surface area contributed by atoms with Crippen LogP contribution in [0.15, 0.2) is 18.3 Å². The fourth-order valence-electron chi connectivity index (χ4n) is 1.01. The van der Waals surface area contributed by atoms with Crippen LogP contribution in [0.4, 0.5) is 5.82 Å². The lowest BCUT2D eigenvalue weighted by Crippen LogP contribution is -2.07. The van der Waals surface area contributed by atoms with E-state index in [1.807, 2.05) is 0 Å². The van der Waals surface area contributed by atoms with E-state index in [2.05, 4.69) is 9.72 Å². The average molecular weight is 206 g/mol. The molecule has 0 amide bonds. The third kappa shape index (κ3) is 2.63. The number of hydrogen-bond donors (Lipinski definition) is 1. The Labute approximate surface area is 86.6 Å². The van der Waals surface area contributed by atoms with Crippen molar-refractivity contribution in [2.45, 2.75) is 0 Å². The first-order valence-corrected chi connectivity index (χ1v) is 4.14. The molecule has 0 radical (unpaired) electrons. The Morgan fingerprint density at radius 1 is 1.60 bits per heavy atom. The van der Waals surface area contributed by atoms with Gasteiger partial charge in [0.1, 0.15) is 17.7 Å². The van der Waals surface area contributed by atoms with Crippen LogP contribution < -0.4 is 5.73 Å². The van der Waals surface area contributed by atoms with E-state index in [-0.39, 0.29) is 11.4 Å². The van der Waals surface area contributed by atoms with Gasteiger partial charge in [0.2, 0.25) is 0 Å². The van der Waals surface area contributed by atoms with Crippen molar-refractivity contribution in [1.29, 1.82) is 0 Å². The van der Waals surface area contributed by atoms with Gasteiger partial charge in [-0.2, -0.15) is 0 Å². The molecule has 1 aromatic heterocycles. The summed E-state index contributed by atoms with van der Waals surface area (Å²) >= 11 is 0. The summed E-state index contributed by atoms with van der Waals surface area (Å²) in [5.74, 6) is -0.452. The second-order valence-corrected chi connectivity index (χ2v) is 2.69. The van der Waals surface area contributed by atoms with Crippen LogP contribution in [0.2, 0.25) is 0 Å². The number of pyridine rings is 1. The predicted octanol–water partition coefficient (Wildman–Crippen LogP) is 0.663. The van der Waals surface area contributed by atoms with Crippen LogP contribution in [-0.4, -0.2) is 24.3 Å². The van der Waals surface area contributed by atoms with E-state index in [1.54, 1.807) is 0 Å². The van der Waals surface area contributed by atoms with Gasteiger partial charge in [-0.25, -0.2) is 9.78 Å². The lowest BCUT2D eigenvalue weighted by Gasteiger charge is -2.03. The van der Waals surface area contributed by atoms with Crippen LogP contribution in [0.25, 0.3) is 6.08 Å². The van der Waals surface area contributed by atoms with E-state index in [0.717, 1.165) is 0 Å². The second-order valence-electron chi connectivity index (χ2n) is 2.69. The highest BCUT2D eigenvalue weighted by atomic mass is 16.5. The lowest BCUT2D eigenvalue weighted by atomic mass is 10.2. The predicted molar refractivity (Wildman–Crippen MR) is 55.1 cm³/mol. The fraction of sp³-hybridized carbons (Fsp3) is 0.100. The lowest BCUT2D eigenvalue weighted by molar-refractivity contribution is -0.104. The summed E-state index contributed by atoms with van der Waals surface area (Å²) in [6.45, 7) is 0. The Kier molecular flexibility index (Phi) is 3.56. The van der Waals surface area contributed by atoms with Crippen molar-refractivity contribution in [3.05, 3.63) is 29.5 Å². The Balaban J connectivity index is 3.10. The molecule has 2 N–H and O–H groups in total. The Hall–Kier alpha value is -2.17. The SMILES string of the molecule is COC(=O)c1cc(C=CC=O)cnc1N. The molecule has 78 valence electrons. The van der Waals surface area contributed by atoms with Gasteiger partial charge < -0.3 is 10.5 Å². The third-order valence-electron chi connectivity index (χ3n) is 1.71. The van der Waals surface area contributed by atoms with E-state index in [4.69, 9.17) is 5.73 Å². The number of hydrogen-bond acceptors (Lipinski definition) is 5. The van der Waals surface area contributed by atoms with Gasteiger partial charge in [0.05, 0.1) is 7.11 Å². The molecule has 15 heavy (non-hydrogen) atoms. The molecule has 0 fully saturated rings. The minimum absolute atomic E-state index is 0.102. The normalized spacial score (nSPS) is 10.2. The molecule has 0 aliphatic carbocycles. The molecule has 0 atom stereocenters. The number of aromatic nitrogens is 1. The second kappa shape index (κ2) is 4.90. The van der Waals surface area contributed by atoms with Gasteiger partial charge in [-0.1, -0.05) is 6.08 Å². The summed E-state index contributed by atoms with van der Waals surface area (Å²) < 4.78 is 4.52. The van der Waals surface area contributed by atoms with Crippen LogP contribution in [0, 0.1) is 0 Å². The van der Waals surface area contributed by atoms with Crippen molar-refractivity contribution in [1.82, 2.24) is 4.98 Å². The first-order valence-electron chi connectivity index (χ1n) is 4.14. The van der Waals surface area contributed by atoms with Crippen molar-refractivity contribution in [2.24, 2.45) is 0 Å². The van der Waals surface area contributed by atoms with Crippen LogP contribution in [0.1, 0.15) is 15.9 Å². The number of anilines is 1. The molecule has 1 rings (SSSR count). The van der Waals surface area contributed by atoms with Crippen molar-refractivity contribution in [3.8, 4) is 0 Å². The number of nitrogens with zero attached hydrogens (tertiary/aromatic N) is 1. The maximum atomic E-state index is 11.2. The van der Waals surface area contributed by atoms with E-state index in [9.17, 15) is 9.59 Å². The summed E-state index contributed by atoms with van der Waals surface area (Å²) in [6.07, 6.45) is 4.91. The van der Waals surface area contributed by atoms with Crippen LogP contribution in [0.5, 0.6) is 0 Å². The highest BCUT2D eigenvalue weighted by Crippen LogP contribution is 2.12. The zero-order valence-electron chi connectivity index (χ0n) is 8.14. The van der Waals surface area contributed by atoms with Crippen molar-refractivity contribution in [3.63, 3.8) is 0 Å². The first-order chi connectivity index (χ1) is 7.19. The smallest absolute Gasteiger partial charge is 0.341 e. The largest absolute Gasteiger partial charge is 0.465 e. The standard InChI is InChI=1S/C10H10N2O3/c1-15-10(14)8-5-7(3-2-4-13)6-12-9(8)11/h2-6H,1H3,(H2,11,12). The highest BCUT2D eigenvalue weighted by Gasteiger charge is 2.10. The third-order valence-corrected chi connectivity index (χ3v) is 1.71. The van der Waals surface area contributed by atoms with Gasteiger partial charge in [-0.05, 0) is 17.7 Å². The topological polar surface area (TPSA) is 82.3 Å². The number of allylic oxidation sites excluding steroid dienone is 1. The maximum absolute atomic E-state index is 11.2. The molecule has 0 saturated carbocycles. The average Bonchev–Trinajstić information content (AvgIpc) is 2.27. The molecule has 0 aliphatic rings. The number of carbonyl (C=O) groups excluding carboxylic acids is 2. The molecule has 0 aromatic carbocycles. The van der Waals surface area contributed by atoms with Gasteiger partial charge >= 0.3 is 5.97 Å². The molecule has 5 heteroatoms. The molecule has 1 heterocycles. The number of rotatable bonds is 3. The molecule has 1 aromatic rings. The molecular weight excluding hydrogens is 196 g/mol. The number of nitrogens with two attached hydrogens (primary N) is 1. The highest BCUT2D eigenvalue weighted by molar-refractivity contribution is 5.94. The van der Waals surface area contributed by atoms with Gasteiger partial charge in [-0.15, -0.1) is 0 Å². The number of nitrogen functional groups attached to an aromatic ring is 1. The van der Waals surface area contributed by atoms with Gasteiger partial charge in [0.25, 0.3) is 0 Å². The monoisotopic (exact) mass is 206 g/mol. The van der Waals surface area contributed by atoms with E-state index >= 15 is 0 Å². The number of esters is 1. The summed E-state index contributed by atoms with van der Waals surface area (Å²) in [5.41, 5.74) is 6.28. The van der Waals surface area contributed by atoms with E-state index in [0.29, 0.717) is 11.8 Å². The number of aldehydes is 1. The fourth-order valence-corrected chi connectivity index (χ4v) is 1.01. The number of methoxy groups -OCH3 is 1. The molecular formula is C10H10N2O3. The van der Waals surface area contributed by atoms with Gasteiger partial charge in [-0.3, -0.25) is 4.79 Å². The number of ether oxygens (including phenoxy) is 1. The molecule has 0 unspecified atom stereocenters. The van der Waals surface area contributed by atoms with Gasteiger partial charge in [0, 0.05) is 6.20 Å². The summed E-state index contributed by atoms with van der Waals surface area (Å²) in [7, 11) is 1.26. The minimum Gasteiger partial charge on any atom is -0.465 e. The van der Waals surface area contributed by atoms with Crippen molar-refractivity contribution < 1.29 is 14.3 Å². The van der Waals surface area contributed by atoms with E-state index < -0.39 is 5.97 Å². The zero-order chi connectivity index (χ0) is 11.3. The summed E-state index contributed by atoms with van der Waals surface area (Å²) in [5, 5.41) is 0. The Bertz CT molecular complexity index is 413. The Morgan fingerprint density at radius 3 is 2.93 bits per heavy atom. The first kappa shape index (κ1) is 10.9. The molecule has 0 saturated heterocycles. The molecule has 5 nitrogen and oxygen atoms in total. The quantitative estimate of drug-likeness (QED) is 0.446.